The van der Waals surface area contributed by atoms with Gasteiger partial charge in [-0.25, -0.2) is 0 Å². The molecule has 0 bridgehead atoms. The molecule has 118 valence electrons. The molecule has 0 spiro atoms. The van der Waals surface area contributed by atoms with E-state index in [1.165, 1.54) is 11.1 Å². The SMILES string of the molecule is CC(C)c1ccc(C(C)NC(=O)C(C)C2CNC2)cc1.Cl. The first-order chi connectivity index (χ1) is 9.49. The van der Waals surface area contributed by atoms with Crippen LogP contribution in [0.3, 0.4) is 0 Å². The normalized spacial score (nSPS) is 17.6. The molecule has 1 saturated heterocycles. The highest BCUT2D eigenvalue weighted by Gasteiger charge is 2.29. The van der Waals surface area contributed by atoms with Gasteiger partial charge in [0.2, 0.25) is 5.91 Å². The molecule has 1 aromatic rings. The van der Waals surface area contributed by atoms with E-state index in [-0.39, 0.29) is 30.3 Å². The Hall–Kier alpha value is -1.06. The average molecular weight is 311 g/mol. The van der Waals surface area contributed by atoms with Gasteiger partial charge in [-0.3, -0.25) is 4.79 Å². The van der Waals surface area contributed by atoms with E-state index < -0.39 is 0 Å². The highest BCUT2D eigenvalue weighted by molar-refractivity contribution is 5.85. The molecule has 0 aromatic heterocycles. The Balaban J connectivity index is 0.00000220. The molecule has 3 nitrogen and oxygen atoms in total. The summed E-state index contributed by atoms with van der Waals surface area (Å²) < 4.78 is 0. The zero-order valence-electron chi connectivity index (χ0n) is 13.3. The van der Waals surface area contributed by atoms with Crippen LogP contribution < -0.4 is 10.6 Å². The molecule has 1 aliphatic rings. The van der Waals surface area contributed by atoms with Crippen molar-refractivity contribution < 1.29 is 4.79 Å². The number of amides is 1. The van der Waals surface area contributed by atoms with Crippen LogP contribution in [0.15, 0.2) is 24.3 Å². The molecule has 1 aromatic carbocycles. The number of halogens is 1. The molecular formula is C17H27ClN2O. The number of nitrogens with one attached hydrogen (secondary N) is 2. The Morgan fingerprint density at radius 2 is 1.62 bits per heavy atom. The van der Waals surface area contributed by atoms with E-state index in [1.807, 2.05) is 13.8 Å². The Bertz CT molecular complexity index is 454. The highest BCUT2D eigenvalue weighted by atomic mass is 35.5. The quantitative estimate of drug-likeness (QED) is 0.876. The molecule has 2 N–H and O–H groups in total. The maximum Gasteiger partial charge on any atom is 0.223 e. The van der Waals surface area contributed by atoms with Crippen molar-refractivity contribution in [2.24, 2.45) is 11.8 Å². The van der Waals surface area contributed by atoms with E-state index in [9.17, 15) is 4.79 Å². The van der Waals surface area contributed by atoms with E-state index in [4.69, 9.17) is 0 Å². The van der Waals surface area contributed by atoms with Crippen molar-refractivity contribution in [3.8, 4) is 0 Å². The van der Waals surface area contributed by atoms with Gasteiger partial charge in [-0.15, -0.1) is 12.4 Å². The van der Waals surface area contributed by atoms with E-state index >= 15 is 0 Å². The Morgan fingerprint density at radius 3 is 2.05 bits per heavy atom. The number of carbonyl (C=O) groups is 1. The number of hydrogen-bond acceptors (Lipinski definition) is 2. The van der Waals surface area contributed by atoms with E-state index in [0.29, 0.717) is 11.8 Å². The Kier molecular flexibility index (Phi) is 6.69. The summed E-state index contributed by atoms with van der Waals surface area (Å²) in [7, 11) is 0. The predicted molar refractivity (Wildman–Crippen MR) is 89.9 cm³/mol. The second-order valence-electron chi connectivity index (χ2n) is 6.26. The van der Waals surface area contributed by atoms with Crippen LogP contribution in [0.5, 0.6) is 0 Å². The van der Waals surface area contributed by atoms with Crippen LogP contribution in [-0.4, -0.2) is 19.0 Å². The third kappa shape index (κ3) is 4.45. The second-order valence-corrected chi connectivity index (χ2v) is 6.26. The van der Waals surface area contributed by atoms with Gasteiger partial charge in [0.05, 0.1) is 6.04 Å². The molecular weight excluding hydrogens is 284 g/mol. The molecule has 2 atom stereocenters. The van der Waals surface area contributed by atoms with Crippen molar-refractivity contribution in [1.82, 2.24) is 10.6 Å². The molecule has 0 saturated carbocycles. The van der Waals surface area contributed by atoms with Crippen molar-refractivity contribution in [1.29, 1.82) is 0 Å². The Labute approximate surface area is 134 Å². The van der Waals surface area contributed by atoms with Crippen LogP contribution in [0.1, 0.15) is 50.8 Å². The molecule has 1 heterocycles. The first-order valence-electron chi connectivity index (χ1n) is 7.60. The summed E-state index contributed by atoms with van der Waals surface area (Å²) in [5, 5.41) is 6.35. The van der Waals surface area contributed by atoms with Gasteiger partial charge in [0, 0.05) is 5.92 Å². The van der Waals surface area contributed by atoms with E-state index in [2.05, 4.69) is 48.7 Å². The summed E-state index contributed by atoms with van der Waals surface area (Å²) in [4.78, 5) is 12.2. The van der Waals surface area contributed by atoms with Crippen LogP contribution in [0, 0.1) is 11.8 Å². The lowest BCUT2D eigenvalue weighted by Gasteiger charge is -2.32. The topological polar surface area (TPSA) is 41.1 Å². The van der Waals surface area contributed by atoms with Gasteiger partial charge in [-0.2, -0.15) is 0 Å². The molecule has 0 radical (unpaired) electrons. The molecule has 1 amide bonds. The zero-order valence-corrected chi connectivity index (χ0v) is 14.2. The van der Waals surface area contributed by atoms with Crippen LogP contribution in [0.25, 0.3) is 0 Å². The summed E-state index contributed by atoms with van der Waals surface area (Å²) in [5.74, 6) is 1.29. The van der Waals surface area contributed by atoms with E-state index in [0.717, 1.165) is 13.1 Å². The molecule has 2 rings (SSSR count). The van der Waals surface area contributed by atoms with Crippen molar-refractivity contribution in [3.05, 3.63) is 35.4 Å². The lowest BCUT2D eigenvalue weighted by Crippen LogP contribution is -2.49. The molecule has 21 heavy (non-hydrogen) atoms. The molecule has 4 heteroatoms. The fourth-order valence-electron chi connectivity index (χ4n) is 2.48. The fraction of sp³-hybridized carbons (Fsp3) is 0.588. The highest BCUT2D eigenvalue weighted by Crippen LogP contribution is 2.20. The first kappa shape index (κ1) is 18.0. The lowest BCUT2D eigenvalue weighted by molar-refractivity contribution is -0.127. The number of hydrogen-bond donors (Lipinski definition) is 2. The van der Waals surface area contributed by atoms with Gasteiger partial charge in [0.25, 0.3) is 0 Å². The number of carbonyl (C=O) groups excluding carboxylic acids is 1. The first-order valence-corrected chi connectivity index (χ1v) is 7.60. The Morgan fingerprint density at radius 1 is 1.10 bits per heavy atom. The van der Waals surface area contributed by atoms with Gasteiger partial charge in [0.1, 0.15) is 0 Å². The van der Waals surface area contributed by atoms with Crippen LogP contribution in [0.2, 0.25) is 0 Å². The lowest BCUT2D eigenvalue weighted by atomic mass is 9.88. The standard InChI is InChI=1S/C17H26N2O.ClH/c1-11(2)14-5-7-15(8-6-14)13(4)19-17(20)12(3)16-9-18-10-16;/h5-8,11-13,16,18H,9-10H2,1-4H3,(H,19,20);1H. The molecule has 0 aliphatic carbocycles. The summed E-state index contributed by atoms with van der Waals surface area (Å²) in [6, 6.07) is 8.62. The minimum absolute atomic E-state index is 0. The van der Waals surface area contributed by atoms with Gasteiger partial charge in [0.15, 0.2) is 0 Å². The number of benzene rings is 1. The van der Waals surface area contributed by atoms with Crippen molar-refractivity contribution >= 4 is 18.3 Å². The fourth-order valence-corrected chi connectivity index (χ4v) is 2.48. The van der Waals surface area contributed by atoms with Gasteiger partial charge in [-0.1, -0.05) is 45.0 Å². The summed E-state index contributed by atoms with van der Waals surface area (Å²) in [6.45, 7) is 10.4. The number of rotatable bonds is 5. The zero-order chi connectivity index (χ0) is 14.7. The maximum absolute atomic E-state index is 12.2. The van der Waals surface area contributed by atoms with Crippen LogP contribution in [0.4, 0.5) is 0 Å². The minimum Gasteiger partial charge on any atom is -0.349 e. The molecule has 1 fully saturated rings. The van der Waals surface area contributed by atoms with E-state index in [1.54, 1.807) is 0 Å². The predicted octanol–water partition coefficient (Wildman–Crippen LogP) is 3.26. The van der Waals surface area contributed by atoms with Crippen molar-refractivity contribution in [3.63, 3.8) is 0 Å². The van der Waals surface area contributed by atoms with Gasteiger partial charge in [-0.05, 0) is 43.0 Å². The maximum atomic E-state index is 12.2. The largest absolute Gasteiger partial charge is 0.349 e. The smallest absolute Gasteiger partial charge is 0.223 e. The molecule has 1 aliphatic heterocycles. The summed E-state index contributed by atoms with van der Waals surface area (Å²) in [6.07, 6.45) is 0. The summed E-state index contributed by atoms with van der Waals surface area (Å²) >= 11 is 0. The average Bonchev–Trinajstić information content (AvgIpc) is 2.36. The monoisotopic (exact) mass is 310 g/mol. The van der Waals surface area contributed by atoms with Crippen LogP contribution in [-0.2, 0) is 4.79 Å². The second kappa shape index (κ2) is 7.81. The van der Waals surface area contributed by atoms with Crippen LogP contribution >= 0.6 is 12.4 Å². The third-order valence-corrected chi connectivity index (χ3v) is 4.40. The van der Waals surface area contributed by atoms with Crippen molar-refractivity contribution in [2.75, 3.05) is 13.1 Å². The minimum atomic E-state index is 0. The van der Waals surface area contributed by atoms with Gasteiger partial charge >= 0.3 is 0 Å². The summed E-state index contributed by atoms with van der Waals surface area (Å²) in [5.41, 5.74) is 2.50. The van der Waals surface area contributed by atoms with Gasteiger partial charge < -0.3 is 10.6 Å². The van der Waals surface area contributed by atoms with Crippen molar-refractivity contribution in [2.45, 2.75) is 39.7 Å². The third-order valence-electron chi connectivity index (χ3n) is 4.40. The molecule has 2 unspecified atom stereocenters.